The van der Waals surface area contributed by atoms with Gasteiger partial charge in [0.2, 0.25) is 0 Å². The first kappa shape index (κ1) is 39.1. The quantitative estimate of drug-likeness (QED) is 0.176. The summed E-state index contributed by atoms with van der Waals surface area (Å²) in [5, 5.41) is 15.9. The number of benzene rings is 6. The van der Waals surface area contributed by atoms with Crippen LogP contribution in [-0.2, 0) is 21.7 Å². The molecule has 0 bridgehead atoms. The van der Waals surface area contributed by atoms with E-state index in [9.17, 15) is 9.65 Å². The average molecular weight is 770 g/mol. The minimum atomic E-state index is -0.923. The van der Waals surface area contributed by atoms with E-state index in [0.29, 0.717) is 28.1 Å². The summed E-state index contributed by atoms with van der Waals surface area (Å²) in [6.45, 7) is 26.5. The van der Waals surface area contributed by atoms with Crippen molar-refractivity contribution in [3.05, 3.63) is 143 Å². The summed E-state index contributed by atoms with van der Waals surface area (Å²) in [5.74, 6) is -1.83. The summed E-state index contributed by atoms with van der Waals surface area (Å²) >= 11 is 0. The molecule has 294 valence electrons. The van der Waals surface area contributed by atoms with Crippen LogP contribution < -0.4 is 0 Å². The van der Waals surface area contributed by atoms with Crippen LogP contribution in [0.1, 0.15) is 111 Å². The monoisotopic (exact) mass is 769 g/mol. The van der Waals surface area contributed by atoms with Crippen molar-refractivity contribution in [1.82, 2.24) is 9.13 Å². The maximum absolute atomic E-state index is 15.2. The minimum absolute atomic E-state index is 0.138. The van der Waals surface area contributed by atoms with Crippen molar-refractivity contribution >= 4 is 43.6 Å². The van der Waals surface area contributed by atoms with Crippen LogP contribution in [0.25, 0.3) is 66.1 Å². The Morgan fingerprint density at radius 1 is 0.397 bits per heavy atom. The van der Waals surface area contributed by atoms with Gasteiger partial charge in [0, 0.05) is 21.5 Å². The van der Waals surface area contributed by atoms with Crippen LogP contribution in [0.5, 0.6) is 0 Å². The summed E-state index contributed by atoms with van der Waals surface area (Å²) in [7, 11) is 0. The molecule has 5 heteroatoms. The van der Waals surface area contributed by atoms with Crippen LogP contribution in [0.15, 0.2) is 103 Å². The summed E-state index contributed by atoms with van der Waals surface area (Å²) < 4.78 is 34.2. The van der Waals surface area contributed by atoms with E-state index >= 15 is 4.39 Å². The van der Waals surface area contributed by atoms with Crippen LogP contribution in [0.3, 0.4) is 0 Å². The summed E-state index contributed by atoms with van der Waals surface area (Å²) in [5.41, 5.74) is 11.0. The zero-order valence-electron chi connectivity index (χ0n) is 35.9. The maximum atomic E-state index is 15.2. The molecule has 0 atom stereocenters. The zero-order valence-corrected chi connectivity index (χ0v) is 35.9. The fourth-order valence-corrected chi connectivity index (χ4v) is 8.34. The second-order valence-electron chi connectivity index (χ2n) is 20.2. The van der Waals surface area contributed by atoms with E-state index in [0.717, 1.165) is 43.6 Å². The molecule has 0 N–H and O–H groups in total. The van der Waals surface area contributed by atoms with Gasteiger partial charge in [0.15, 0.2) is 11.6 Å². The molecule has 0 spiro atoms. The predicted molar refractivity (Wildman–Crippen MR) is 240 cm³/mol. The molecule has 0 fully saturated rings. The largest absolute Gasteiger partial charge is 0.308 e. The van der Waals surface area contributed by atoms with E-state index in [1.54, 1.807) is 6.07 Å². The van der Waals surface area contributed by atoms with Gasteiger partial charge in [0.25, 0.3) is 0 Å². The Balaban J connectivity index is 1.61. The molecule has 0 unspecified atom stereocenters. The molecule has 8 aromatic rings. The second kappa shape index (κ2) is 13.1. The molecular formula is C53H53F2N3. The van der Waals surface area contributed by atoms with Crippen LogP contribution in [0, 0.1) is 23.0 Å². The van der Waals surface area contributed by atoms with E-state index in [4.69, 9.17) is 0 Å². The number of nitrogens with zero attached hydrogens (tertiary/aromatic N) is 3. The highest BCUT2D eigenvalue weighted by Crippen LogP contribution is 2.43. The average Bonchev–Trinajstić information content (AvgIpc) is 3.65. The summed E-state index contributed by atoms with van der Waals surface area (Å²) in [4.78, 5) is 0. The molecule has 2 heterocycles. The van der Waals surface area contributed by atoms with E-state index < -0.39 is 11.6 Å². The number of nitriles is 1. The summed E-state index contributed by atoms with van der Waals surface area (Å²) in [6.07, 6.45) is 0. The molecule has 0 aliphatic heterocycles. The van der Waals surface area contributed by atoms with Crippen molar-refractivity contribution < 1.29 is 8.78 Å². The Morgan fingerprint density at radius 3 is 1.00 bits per heavy atom. The van der Waals surface area contributed by atoms with E-state index in [1.807, 2.05) is 12.1 Å². The van der Waals surface area contributed by atoms with Crippen molar-refractivity contribution in [3.63, 3.8) is 0 Å². The van der Waals surface area contributed by atoms with Crippen molar-refractivity contribution in [2.24, 2.45) is 0 Å². The molecule has 0 saturated carbocycles. The fourth-order valence-electron chi connectivity index (χ4n) is 8.34. The van der Waals surface area contributed by atoms with Gasteiger partial charge in [-0.05, 0) is 104 Å². The van der Waals surface area contributed by atoms with Crippen LogP contribution >= 0.6 is 0 Å². The molecule has 0 aliphatic carbocycles. The van der Waals surface area contributed by atoms with Crippen LogP contribution in [-0.4, -0.2) is 9.13 Å². The van der Waals surface area contributed by atoms with Gasteiger partial charge in [-0.15, -0.1) is 0 Å². The number of rotatable bonds is 3. The van der Waals surface area contributed by atoms with Gasteiger partial charge in [0.05, 0.1) is 33.4 Å². The highest BCUT2D eigenvalue weighted by molar-refractivity contribution is 6.12. The SMILES string of the molecule is CC(C)(C)c1ccc2c3ccc(C(C)(C)C)cc3n(-c3cc(-c4ccc(F)c(F)c4)cc(-n4c5cc(C(C)(C)C)ccc5c5ccc(C(C)(C)C)cc54)c3C#N)c2c1. The van der Waals surface area contributed by atoms with Crippen molar-refractivity contribution in [3.8, 4) is 28.6 Å². The fraction of sp³-hybridized carbons (Fsp3) is 0.302. The van der Waals surface area contributed by atoms with Gasteiger partial charge in [-0.1, -0.05) is 138 Å². The molecule has 2 aromatic heterocycles. The lowest BCUT2D eigenvalue weighted by atomic mass is 9.86. The Bertz CT molecular complexity index is 2700. The Kier molecular flexibility index (Phi) is 8.87. The molecule has 0 amide bonds. The van der Waals surface area contributed by atoms with Gasteiger partial charge in [-0.2, -0.15) is 5.26 Å². The van der Waals surface area contributed by atoms with E-state index in [-0.39, 0.29) is 21.7 Å². The first-order valence-corrected chi connectivity index (χ1v) is 20.3. The highest BCUT2D eigenvalue weighted by Gasteiger charge is 2.27. The topological polar surface area (TPSA) is 33.6 Å². The third kappa shape index (κ3) is 6.48. The van der Waals surface area contributed by atoms with Crippen molar-refractivity contribution in [1.29, 1.82) is 5.26 Å². The summed E-state index contributed by atoms with van der Waals surface area (Å²) in [6, 6.07) is 37.4. The lowest BCUT2D eigenvalue weighted by Crippen LogP contribution is -2.12. The van der Waals surface area contributed by atoms with Crippen molar-refractivity contribution in [2.45, 2.75) is 105 Å². The van der Waals surface area contributed by atoms with Crippen LogP contribution in [0.4, 0.5) is 8.78 Å². The van der Waals surface area contributed by atoms with Gasteiger partial charge in [-0.25, -0.2) is 8.78 Å². The first-order chi connectivity index (χ1) is 27.1. The number of hydrogen-bond donors (Lipinski definition) is 0. The number of aromatic nitrogens is 2. The molecule has 8 rings (SSSR count). The molecule has 3 nitrogen and oxygen atoms in total. The van der Waals surface area contributed by atoms with Crippen LogP contribution in [0.2, 0.25) is 0 Å². The Hall–Kier alpha value is -5.73. The molecule has 0 saturated heterocycles. The van der Waals surface area contributed by atoms with Gasteiger partial charge in [-0.3, -0.25) is 0 Å². The predicted octanol–water partition coefficient (Wildman–Crippen LogP) is 14.9. The molecule has 0 radical (unpaired) electrons. The third-order valence-corrected chi connectivity index (χ3v) is 11.9. The maximum Gasteiger partial charge on any atom is 0.159 e. The second-order valence-corrected chi connectivity index (χ2v) is 20.2. The Morgan fingerprint density at radius 2 is 0.724 bits per heavy atom. The van der Waals surface area contributed by atoms with E-state index in [1.165, 1.54) is 34.4 Å². The molecular weight excluding hydrogens is 717 g/mol. The normalized spacial score (nSPS) is 13.0. The molecule has 58 heavy (non-hydrogen) atoms. The lowest BCUT2D eigenvalue weighted by Gasteiger charge is -2.23. The van der Waals surface area contributed by atoms with Crippen molar-refractivity contribution in [2.75, 3.05) is 0 Å². The van der Waals surface area contributed by atoms with E-state index in [2.05, 4.69) is 171 Å². The number of hydrogen-bond acceptors (Lipinski definition) is 1. The zero-order chi connectivity index (χ0) is 41.9. The lowest BCUT2D eigenvalue weighted by molar-refractivity contribution is 0.509. The van der Waals surface area contributed by atoms with Gasteiger partial charge < -0.3 is 9.13 Å². The third-order valence-electron chi connectivity index (χ3n) is 11.9. The minimum Gasteiger partial charge on any atom is -0.308 e. The Labute approximate surface area is 341 Å². The van der Waals surface area contributed by atoms with Gasteiger partial charge >= 0.3 is 0 Å². The molecule has 0 aliphatic rings. The smallest absolute Gasteiger partial charge is 0.159 e. The molecule has 6 aromatic carbocycles. The standard InChI is InChI=1S/C53H53F2N3/c1-50(2,3)33-14-18-37-38-19-15-34(51(4,5)6)27-47(38)57(46(37)26-33)44-24-32(31-13-22-42(54)43(55)23-31)25-45(41(44)30-56)58-48-28-35(52(7,8)9)16-20-39(48)40-21-17-36(29-49(40)58)53(10,11)12/h13-29H,1-12H3. The number of fused-ring (bicyclic) bond motifs is 6. The highest BCUT2D eigenvalue weighted by atomic mass is 19.2. The number of halogens is 2. The van der Waals surface area contributed by atoms with Gasteiger partial charge in [0.1, 0.15) is 11.6 Å². The first-order valence-electron chi connectivity index (χ1n) is 20.3.